The number of nitrogens with one attached hydrogen (secondary N) is 1. The van der Waals surface area contributed by atoms with Gasteiger partial charge < -0.3 is 24.6 Å². The predicted molar refractivity (Wildman–Crippen MR) is 81.7 cm³/mol. The van der Waals surface area contributed by atoms with Crippen LogP contribution in [0, 0.1) is 0 Å². The van der Waals surface area contributed by atoms with Gasteiger partial charge in [-0.2, -0.15) is 0 Å². The number of rotatable bonds is 15. The topological polar surface area (TPSA) is 77.0 Å². The lowest BCUT2D eigenvalue weighted by Gasteiger charge is -2.25. The molecule has 0 spiro atoms. The Hall–Kier alpha value is -0.690. The fourth-order valence-electron chi connectivity index (χ4n) is 1.95. The highest BCUT2D eigenvalue weighted by Gasteiger charge is 2.30. The van der Waals surface area contributed by atoms with Gasteiger partial charge in [-0.05, 0) is 39.2 Å². The average molecular weight is 305 g/mol. The van der Waals surface area contributed by atoms with Crippen molar-refractivity contribution >= 4 is 5.97 Å². The molecule has 0 fully saturated rings. The average Bonchev–Trinajstić information content (AvgIpc) is 2.45. The van der Waals surface area contributed by atoms with Crippen molar-refractivity contribution in [2.75, 3.05) is 46.7 Å². The number of ether oxygens (including phenoxy) is 3. The van der Waals surface area contributed by atoms with Gasteiger partial charge >= 0.3 is 5.97 Å². The number of methoxy groups -OCH3 is 1. The SMILES string of the molecule is CCNC(C)(CCCCOCCCOCCOC)C(=O)O. The summed E-state index contributed by atoms with van der Waals surface area (Å²) in [6.07, 6.45) is 3.19. The molecule has 0 radical (unpaired) electrons. The Morgan fingerprint density at radius 2 is 1.67 bits per heavy atom. The number of hydrogen-bond donors (Lipinski definition) is 2. The number of carboxylic acid groups (broad SMARTS) is 1. The van der Waals surface area contributed by atoms with Crippen LogP contribution in [0.3, 0.4) is 0 Å². The van der Waals surface area contributed by atoms with Crippen molar-refractivity contribution in [3.8, 4) is 0 Å². The number of carboxylic acids is 1. The maximum absolute atomic E-state index is 11.2. The van der Waals surface area contributed by atoms with E-state index in [0.29, 0.717) is 46.0 Å². The van der Waals surface area contributed by atoms with Crippen molar-refractivity contribution in [2.45, 2.75) is 45.1 Å². The van der Waals surface area contributed by atoms with E-state index in [1.807, 2.05) is 6.92 Å². The van der Waals surface area contributed by atoms with E-state index in [9.17, 15) is 9.90 Å². The van der Waals surface area contributed by atoms with Gasteiger partial charge in [-0.15, -0.1) is 0 Å². The van der Waals surface area contributed by atoms with Crippen LogP contribution in [0.25, 0.3) is 0 Å². The molecule has 21 heavy (non-hydrogen) atoms. The van der Waals surface area contributed by atoms with Crippen LogP contribution < -0.4 is 5.32 Å². The molecule has 0 saturated heterocycles. The third-order valence-corrected chi connectivity index (χ3v) is 3.26. The number of hydrogen-bond acceptors (Lipinski definition) is 5. The molecule has 0 rings (SSSR count). The highest BCUT2D eigenvalue weighted by Crippen LogP contribution is 2.14. The third-order valence-electron chi connectivity index (χ3n) is 3.26. The summed E-state index contributed by atoms with van der Waals surface area (Å²) in [5, 5.41) is 12.2. The Labute approximate surface area is 128 Å². The Kier molecular flexibility index (Phi) is 12.6. The van der Waals surface area contributed by atoms with E-state index in [-0.39, 0.29) is 0 Å². The van der Waals surface area contributed by atoms with Crippen molar-refractivity contribution in [1.82, 2.24) is 5.32 Å². The van der Waals surface area contributed by atoms with Crippen molar-refractivity contribution < 1.29 is 24.1 Å². The molecule has 0 aromatic heterocycles. The maximum atomic E-state index is 11.2. The van der Waals surface area contributed by atoms with Crippen molar-refractivity contribution in [3.63, 3.8) is 0 Å². The van der Waals surface area contributed by atoms with Crippen LogP contribution in [-0.4, -0.2) is 63.3 Å². The Balaban J connectivity index is 3.44. The van der Waals surface area contributed by atoms with Crippen LogP contribution >= 0.6 is 0 Å². The fourth-order valence-corrected chi connectivity index (χ4v) is 1.95. The Bertz CT molecular complexity index is 262. The van der Waals surface area contributed by atoms with Gasteiger partial charge in [-0.25, -0.2) is 0 Å². The number of likely N-dealkylation sites (N-methyl/N-ethyl adjacent to an activating group) is 1. The zero-order chi connectivity index (χ0) is 16.0. The molecule has 6 nitrogen and oxygen atoms in total. The fraction of sp³-hybridized carbons (Fsp3) is 0.933. The first-order valence-electron chi connectivity index (χ1n) is 7.69. The molecule has 0 aliphatic rings. The largest absolute Gasteiger partial charge is 0.480 e. The van der Waals surface area contributed by atoms with Crippen LogP contribution in [0.15, 0.2) is 0 Å². The van der Waals surface area contributed by atoms with E-state index in [4.69, 9.17) is 14.2 Å². The van der Waals surface area contributed by atoms with Gasteiger partial charge in [0.25, 0.3) is 0 Å². The lowest BCUT2D eigenvalue weighted by Crippen LogP contribution is -2.49. The van der Waals surface area contributed by atoms with E-state index in [2.05, 4.69) is 5.32 Å². The molecule has 1 unspecified atom stereocenters. The smallest absolute Gasteiger partial charge is 0.323 e. The summed E-state index contributed by atoms with van der Waals surface area (Å²) in [5.41, 5.74) is -0.829. The predicted octanol–water partition coefficient (Wildman–Crippen LogP) is 1.68. The van der Waals surface area contributed by atoms with Gasteiger partial charge in [0.1, 0.15) is 5.54 Å². The first-order valence-corrected chi connectivity index (χ1v) is 7.69. The molecule has 0 aromatic carbocycles. The van der Waals surface area contributed by atoms with E-state index >= 15 is 0 Å². The third kappa shape index (κ3) is 10.6. The molecular formula is C15H31NO5. The van der Waals surface area contributed by atoms with Crippen molar-refractivity contribution in [1.29, 1.82) is 0 Å². The first-order chi connectivity index (χ1) is 10.1. The molecule has 0 heterocycles. The van der Waals surface area contributed by atoms with Crippen LogP contribution in [0.4, 0.5) is 0 Å². The summed E-state index contributed by atoms with van der Waals surface area (Å²) < 4.78 is 15.7. The monoisotopic (exact) mass is 305 g/mol. The second-order valence-electron chi connectivity index (χ2n) is 5.20. The molecule has 1 atom stereocenters. The maximum Gasteiger partial charge on any atom is 0.323 e. The molecule has 126 valence electrons. The van der Waals surface area contributed by atoms with Crippen molar-refractivity contribution in [2.24, 2.45) is 0 Å². The summed E-state index contributed by atoms with van der Waals surface area (Å²) in [4.78, 5) is 11.2. The zero-order valence-corrected chi connectivity index (χ0v) is 13.7. The highest BCUT2D eigenvalue weighted by molar-refractivity contribution is 5.78. The number of aliphatic carboxylic acids is 1. The number of carbonyl (C=O) groups is 1. The standard InChI is InChI=1S/C15H31NO5/c1-4-16-15(2,14(17)18)8-5-6-9-20-10-7-11-21-13-12-19-3/h16H,4-13H2,1-3H3,(H,17,18). The Morgan fingerprint density at radius 3 is 2.24 bits per heavy atom. The molecule has 0 aliphatic heterocycles. The molecule has 0 aliphatic carbocycles. The second-order valence-corrected chi connectivity index (χ2v) is 5.20. The molecule has 6 heteroatoms. The number of unbranched alkanes of at least 4 members (excludes halogenated alkanes) is 1. The van der Waals surface area contributed by atoms with Gasteiger partial charge in [0.15, 0.2) is 0 Å². The summed E-state index contributed by atoms with van der Waals surface area (Å²) >= 11 is 0. The van der Waals surface area contributed by atoms with Crippen LogP contribution in [0.2, 0.25) is 0 Å². The minimum absolute atomic E-state index is 0.611. The Morgan fingerprint density at radius 1 is 1.05 bits per heavy atom. The second kappa shape index (κ2) is 13.0. The lowest BCUT2D eigenvalue weighted by atomic mass is 9.95. The van der Waals surface area contributed by atoms with Crippen LogP contribution in [0.1, 0.15) is 39.5 Å². The first kappa shape index (κ1) is 20.3. The van der Waals surface area contributed by atoms with Crippen LogP contribution in [-0.2, 0) is 19.0 Å². The minimum atomic E-state index is -0.829. The summed E-state index contributed by atoms with van der Waals surface area (Å²) in [5.74, 6) is -0.793. The molecule has 0 bridgehead atoms. The quantitative estimate of drug-likeness (QED) is 0.448. The van der Waals surface area contributed by atoms with Gasteiger partial charge in [0.2, 0.25) is 0 Å². The molecule has 0 aromatic rings. The molecule has 0 amide bonds. The summed E-state index contributed by atoms with van der Waals surface area (Å²) in [6, 6.07) is 0. The van der Waals surface area contributed by atoms with E-state index in [0.717, 1.165) is 19.3 Å². The van der Waals surface area contributed by atoms with E-state index in [1.54, 1.807) is 14.0 Å². The van der Waals surface area contributed by atoms with Gasteiger partial charge in [-0.1, -0.05) is 6.92 Å². The lowest BCUT2D eigenvalue weighted by molar-refractivity contribution is -0.144. The van der Waals surface area contributed by atoms with Gasteiger partial charge in [-0.3, -0.25) is 4.79 Å². The molecule has 0 saturated carbocycles. The zero-order valence-electron chi connectivity index (χ0n) is 13.7. The van der Waals surface area contributed by atoms with Gasteiger partial charge in [0, 0.05) is 26.9 Å². The summed E-state index contributed by atoms with van der Waals surface area (Å²) in [6.45, 7) is 7.57. The normalized spacial score (nSPS) is 14.0. The van der Waals surface area contributed by atoms with E-state index in [1.165, 1.54) is 0 Å². The van der Waals surface area contributed by atoms with Crippen molar-refractivity contribution in [3.05, 3.63) is 0 Å². The summed E-state index contributed by atoms with van der Waals surface area (Å²) in [7, 11) is 1.65. The van der Waals surface area contributed by atoms with Crippen LogP contribution in [0.5, 0.6) is 0 Å². The van der Waals surface area contributed by atoms with E-state index < -0.39 is 11.5 Å². The van der Waals surface area contributed by atoms with Gasteiger partial charge in [0.05, 0.1) is 13.2 Å². The highest BCUT2D eigenvalue weighted by atomic mass is 16.5. The molecular weight excluding hydrogens is 274 g/mol. The molecule has 2 N–H and O–H groups in total. The minimum Gasteiger partial charge on any atom is -0.480 e.